The van der Waals surface area contributed by atoms with E-state index in [1.165, 1.54) is 9.80 Å². The normalized spacial score (nSPS) is 21.4. The first kappa shape index (κ1) is 29.9. The quantitative estimate of drug-likeness (QED) is 0.400. The van der Waals surface area contributed by atoms with Crippen LogP contribution < -0.4 is 10.2 Å². The van der Waals surface area contributed by atoms with Gasteiger partial charge in [0.05, 0.1) is 13.1 Å². The molecule has 0 aliphatic carbocycles. The van der Waals surface area contributed by atoms with E-state index in [1.807, 2.05) is 69.3 Å². The molecule has 2 aromatic rings. The predicted octanol–water partition coefficient (Wildman–Crippen LogP) is 4.67. The zero-order valence-electron chi connectivity index (χ0n) is 24.5. The van der Waals surface area contributed by atoms with Crippen molar-refractivity contribution >= 4 is 29.8 Å². The Kier molecular flexibility index (Phi) is 8.33. The summed E-state index contributed by atoms with van der Waals surface area (Å²) in [4.78, 5) is 56.2. The highest BCUT2D eigenvalue weighted by Gasteiger charge is 2.58. The highest BCUT2D eigenvalue weighted by Crippen LogP contribution is 2.40. The van der Waals surface area contributed by atoms with E-state index >= 15 is 0 Å². The summed E-state index contributed by atoms with van der Waals surface area (Å²) < 4.78 is 16.9. The molecule has 1 spiro atoms. The van der Waals surface area contributed by atoms with Crippen molar-refractivity contribution in [2.45, 2.75) is 77.9 Å². The van der Waals surface area contributed by atoms with E-state index in [2.05, 4.69) is 5.32 Å². The van der Waals surface area contributed by atoms with Crippen LogP contribution in [0.1, 0.15) is 53.5 Å². The number of hydrogen-bond donors (Lipinski definition) is 1. The van der Waals surface area contributed by atoms with E-state index in [0.717, 1.165) is 5.56 Å². The van der Waals surface area contributed by atoms with Gasteiger partial charge in [0.15, 0.2) is 5.60 Å². The van der Waals surface area contributed by atoms with Crippen LogP contribution in [0.4, 0.5) is 15.3 Å². The van der Waals surface area contributed by atoms with Gasteiger partial charge >= 0.3 is 18.2 Å². The minimum Gasteiger partial charge on any atom is -0.458 e. The van der Waals surface area contributed by atoms with Crippen LogP contribution in [-0.2, 0) is 30.4 Å². The maximum atomic E-state index is 14.1. The summed E-state index contributed by atoms with van der Waals surface area (Å²) in [6, 6.07) is 16.2. The minimum atomic E-state index is -1.12. The van der Waals surface area contributed by atoms with E-state index in [1.54, 1.807) is 32.9 Å². The van der Waals surface area contributed by atoms with E-state index in [4.69, 9.17) is 14.2 Å². The lowest BCUT2D eigenvalue weighted by molar-refractivity contribution is -0.164. The number of rotatable bonds is 6. The van der Waals surface area contributed by atoms with Crippen LogP contribution in [0.2, 0.25) is 0 Å². The molecule has 0 aromatic heterocycles. The molecule has 0 radical (unpaired) electrons. The number of nitrogens with one attached hydrogen (secondary N) is 1. The van der Waals surface area contributed by atoms with Gasteiger partial charge < -0.3 is 24.4 Å². The molecular formula is C31H39N3O7. The van der Waals surface area contributed by atoms with Crippen LogP contribution in [0.25, 0.3) is 0 Å². The molecule has 2 fully saturated rings. The second-order valence-corrected chi connectivity index (χ2v) is 12.7. The van der Waals surface area contributed by atoms with Crippen molar-refractivity contribution in [3.05, 3.63) is 66.2 Å². The SMILES string of the molecule is CC(C)(C)OC(=O)[C@@H]1C[C@]2(CN(c3ccccc3)C(=O)O2)CN1C(=O)[C@@H](NC(=O)OCc1ccccc1)C(C)(C)C. The zero-order chi connectivity index (χ0) is 30.0. The van der Waals surface area contributed by atoms with E-state index in [-0.39, 0.29) is 26.1 Å². The van der Waals surface area contributed by atoms with Gasteiger partial charge in [-0.1, -0.05) is 69.3 Å². The lowest BCUT2D eigenvalue weighted by Crippen LogP contribution is -2.57. The number of esters is 1. The fraction of sp³-hybridized carbons (Fsp3) is 0.484. The van der Waals surface area contributed by atoms with Crippen LogP contribution in [0.5, 0.6) is 0 Å². The number of ether oxygens (including phenoxy) is 3. The van der Waals surface area contributed by atoms with Gasteiger partial charge in [0.1, 0.15) is 24.3 Å². The van der Waals surface area contributed by atoms with Crippen molar-refractivity contribution in [3.63, 3.8) is 0 Å². The average Bonchev–Trinajstić information content (AvgIpc) is 3.44. The van der Waals surface area contributed by atoms with Gasteiger partial charge in [-0.05, 0) is 43.9 Å². The fourth-order valence-corrected chi connectivity index (χ4v) is 5.08. The van der Waals surface area contributed by atoms with Crippen LogP contribution in [0.3, 0.4) is 0 Å². The standard InChI is InChI=1S/C31H39N3O7/c1-29(2,3)24(32-27(37)39-18-21-13-9-7-10-14-21)25(35)34-20-31(17-23(34)26(36)40-30(4,5)6)19-33(28(38)41-31)22-15-11-8-12-16-22/h7-16,23-24H,17-20H2,1-6H3,(H,32,37)/t23-,24+,31-/m0/s1. The summed E-state index contributed by atoms with van der Waals surface area (Å²) >= 11 is 0. The molecule has 3 atom stereocenters. The van der Waals surface area contributed by atoms with Crippen molar-refractivity contribution in [2.75, 3.05) is 18.0 Å². The number of para-hydroxylation sites is 1. The maximum Gasteiger partial charge on any atom is 0.415 e. The van der Waals surface area contributed by atoms with Crippen molar-refractivity contribution < 1.29 is 33.4 Å². The molecule has 10 nitrogen and oxygen atoms in total. The van der Waals surface area contributed by atoms with Crippen molar-refractivity contribution in [1.29, 1.82) is 0 Å². The average molecular weight is 566 g/mol. The molecule has 1 N–H and O–H groups in total. The zero-order valence-corrected chi connectivity index (χ0v) is 24.5. The number of anilines is 1. The molecule has 2 aromatic carbocycles. The Morgan fingerprint density at radius 3 is 2.17 bits per heavy atom. The van der Waals surface area contributed by atoms with Gasteiger partial charge in [0, 0.05) is 12.1 Å². The molecule has 2 heterocycles. The van der Waals surface area contributed by atoms with Gasteiger partial charge in [-0.2, -0.15) is 0 Å². The van der Waals surface area contributed by atoms with Crippen LogP contribution in [-0.4, -0.2) is 65.3 Å². The Labute approximate surface area is 240 Å². The summed E-state index contributed by atoms with van der Waals surface area (Å²) in [5.41, 5.74) is -1.20. The van der Waals surface area contributed by atoms with Crippen molar-refractivity contribution in [3.8, 4) is 0 Å². The number of carbonyl (C=O) groups excluding carboxylic acids is 4. The second kappa shape index (κ2) is 11.4. The minimum absolute atomic E-state index is 0.0296. The van der Waals surface area contributed by atoms with Gasteiger partial charge in [0.2, 0.25) is 5.91 Å². The fourth-order valence-electron chi connectivity index (χ4n) is 5.08. The molecule has 2 aliphatic rings. The third-order valence-electron chi connectivity index (χ3n) is 6.99. The number of carbonyl (C=O) groups is 4. The smallest absolute Gasteiger partial charge is 0.415 e. The lowest BCUT2D eigenvalue weighted by Gasteiger charge is -2.35. The number of hydrogen-bond acceptors (Lipinski definition) is 7. The number of likely N-dealkylation sites (tertiary alicyclic amines) is 1. The summed E-state index contributed by atoms with van der Waals surface area (Å²) in [5.74, 6) is -1.09. The maximum absolute atomic E-state index is 14.1. The molecule has 4 rings (SSSR count). The largest absolute Gasteiger partial charge is 0.458 e. The van der Waals surface area contributed by atoms with Gasteiger partial charge in [-0.25, -0.2) is 14.4 Å². The Balaban J connectivity index is 1.57. The molecule has 2 aliphatic heterocycles. The molecule has 2 saturated heterocycles. The Morgan fingerprint density at radius 2 is 1.59 bits per heavy atom. The van der Waals surface area contributed by atoms with Gasteiger partial charge in [0.25, 0.3) is 0 Å². The molecule has 0 unspecified atom stereocenters. The monoisotopic (exact) mass is 565 g/mol. The molecule has 10 heteroatoms. The topological polar surface area (TPSA) is 114 Å². The second-order valence-electron chi connectivity index (χ2n) is 12.7. The van der Waals surface area contributed by atoms with E-state index < -0.39 is 52.8 Å². The third-order valence-corrected chi connectivity index (χ3v) is 6.99. The molecule has 0 bridgehead atoms. The highest BCUT2D eigenvalue weighted by atomic mass is 16.6. The molecule has 220 valence electrons. The van der Waals surface area contributed by atoms with Gasteiger partial charge in [-0.3, -0.25) is 9.69 Å². The third kappa shape index (κ3) is 7.17. The summed E-state index contributed by atoms with van der Waals surface area (Å²) in [5, 5.41) is 2.71. The van der Waals surface area contributed by atoms with Crippen LogP contribution in [0, 0.1) is 5.41 Å². The molecule has 3 amide bonds. The lowest BCUT2D eigenvalue weighted by atomic mass is 9.85. The summed E-state index contributed by atoms with van der Waals surface area (Å²) in [6.45, 7) is 10.8. The first-order valence-corrected chi connectivity index (χ1v) is 13.7. The molecule has 41 heavy (non-hydrogen) atoms. The van der Waals surface area contributed by atoms with Crippen LogP contribution in [0.15, 0.2) is 60.7 Å². The first-order valence-electron chi connectivity index (χ1n) is 13.7. The van der Waals surface area contributed by atoms with Crippen molar-refractivity contribution in [2.24, 2.45) is 5.41 Å². The Hall–Kier alpha value is -4.08. The molecular weight excluding hydrogens is 526 g/mol. The summed E-state index contributed by atoms with van der Waals surface area (Å²) in [6.07, 6.45) is -1.24. The van der Waals surface area contributed by atoms with Crippen molar-refractivity contribution in [1.82, 2.24) is 10.2 Å². The Morgan fingerprint density at radius 1 is 0.976 bits per heavy atom. The van der Waals surface area contributed by atoms with Crippen LogP contribution >= 0.6 is 0 Å². The predicted molar refractivity (Wildman–Crippen MR) is 152 cm³/mol. The summed E-state index contributed by atoms with van der Waals surface area (Å²) in [7, 11) is 0. The Bertz CT molecular complexity index is 1270. The number of nitrogens with zero attached hydrogens (tertiary/aromatic N) is 2. The number of benzene rings is 2. The van der Waals surface area contributed by atoms with E-state index in [9.17, 15) is 19.2 Å². The van der Waals surface area contributed by atoms with E-state index in [0.29, 0.717) is 5.69 Å². The first-order chi connectivity index (χ1) is 19.2. The molecule has 0 saturated carbocycles. The van der Waals surface area contributed by atoms with Gasteiger partial charge in [-0.15, -0.1) is 0 Å². The number of amides is 3. The number of alkyl carbamates (subject to hydrolysis) is 1. The highest BCUT2D eigenvalue weighted by molar-refractivity contribution is 5.93.